The van der Waals surface area contributed by atoms with Crippen LogP contribution in [-0.2, 0) is 10.0 Å². The second-order valence-electron chi connectivity index (χ2n) is 2.86. The third kappa shape index (κ3) is 1.87. The molecule has 0 radical (unpaired) electrons. The smallest absolute Gasteiger partial charge is 0.225 e. The van der Waals surface area contributed by atoms with E-state index in [1.165, 1.54) is 19.1 Å². The zero-order chi connectivity index (χ0) is 10.2. The van der Waals surface area contributed by atoms with E-state index in [0.29, 0.717) is 5.56 Å². The highest BCUT2D eigenvalue weighted by Gasteiger charge is 2.16. The van der Waals surface area contributed by atoms with E-state index in [1.54, 1.807) is 6.92 Å². The molecule has 0 aromatic heterocycles. The van der Waals surface area contributed by atoms with Gasteiger partial charge in [0, 0.05) is 5.56 Å². The minimum Gasteiger partial charge on any atom is -0.225 e. The van der Waals surface area contributed by atoms with Gasteiger partial charge in [0.2, 0.25) is 10.0 Å². The van der Waals surface area contributed by atoms with E-state index in [2.05, 4.69) is 0 Å². The monoisotopic (exact) mass is 203 g/mol. The third-order valence-electron chi connectivity index (χ3n) is 1.82. The molecule has 13 heavy (non-hydrogen) atoms. The Kier molecular flexibility index (Phi) is 2.40. The molecular weight excluding hydrogens is 193 g/mol. The molecule has 72 valence electrons. The van der Waals surface area contributed by atoms with Crippen LogP contribution in [0.2, 0.25) is 0 Å². The second-order valence-corrected chi connectivity index (χ2v) is 4.36. The Morgan fingerprint density at radius 1 is 1.31 bits per heavy atom. The Morgan fingerprint density at radius 2 is 1.85 bits per heavy atom. The lowest BCUT2D eigenvalue weighted by atomic mass is 10.1. The maximum absolute atomic E-state index is 13.0. The van der Waals surface area contributed by atoms with Crippen molar-refractivity contribution in [3.8, 4) is 0 Å². The van der Waals surface area contributed by atoms with Gasteiger partial charge in [-0.15, -0.1) is 0 Å². The Labute approximate surface area is 76.4 Å². The standard InChI is InChI=1S/C8H10FNO2S/c1-5-3-4-7(9)6(2)8(5)13(10,11)12/h3-4H,1-2H3,(H2,10,11,12). The number of nitrogens with two attached hydrogens (primary N) is 1. The van der Waals surface area contributed by atoms with Gasteiger partial charge in [0.05, 0.1) is 4.90 Å². The van der Waals surface area contributed by atoms with Crippen molar-refractivity contribution in [2.24, 2.45) is 5.14 Å². The van der Waals surface area contributed by atoms with Crippen molar-refractivity contribution in [3.63, 3.8) is 0 Å². The molecule has 0 aliphatic heterocycles. The molecule has 0 bridgehead atoms. The zero-order valence-electron chi connectivity index (χ0n) is 7.33. The number of benzene rings is 1. The first-order valence-electron chi connectivity index (χ1n) is 3.62. The van der Waals surface area contributed by atoms with Crippen LogP contribution in [0.5, 0.6) is 0 Å². The molecule has 0 amide bonds. The highest BCUT2D eigenvalue weighted by molar-refractivity contribution is 7.89. The van der Waals surface area contributed by atoms with Crippen molar-refractivity contribution in [1.29, 1.82) is 0 Å². The summed E-state index contributed by atoms with van der Waals surface area (Å²) in [6.07, 6.45) is 0. The Hall–Kier alpha value is -0.940. The molecule has 0 spiro atoms. The number of hydrogen-bond acceptors (Lipinski definition) is 2. The Balaban J connectivity index is 3.62. The van der Waals surface area contributed by atoms with E-state index in [4.69, 9.17) is 5.14 Å². The molecule has 0 aliphatic rings. The van der Waals surface area contributed by atoms with E-state index in [-0.39, 0.29) is 10.5 Å². The SMILES string of the molecule is Cc1ccc(F)c(C)c1S(N)(=O)=O. The molecule has 0 fully saturated rings. The predicted molar refractivity (Wildman–Crippen MR) is 47.2 cm³/mol. The molecule has 0 aliphatic carbocycles. The summed E-state index contributed by atoms with van der Waals surface area (Å²) < 4.78 is 35.0. The van der Waals surface area contributed by atoms with Crippen molar-refractivity contribution >= 4 is 10.0 Å². The number of hydrogen-bond donors (Lipinski definition) is 1. The van der Waals surface area contributed by atoms with Gasteiger partial charge in [-0.1, -0.05) is 6.07 Å². The summed E-state index contributed by atoms with van der Waals surface area (Å²) in [7, 11) is -3.83. The lowest BCUT2D eigenvalue weighted by Gasteiger charge is -2.07. The highest BCUT2D eigenvalue weighted by Crippen LogP contribution is 2.20. The summed E-state index contributed by atoms with van der Waals surface area (Å²) in [5, 5.41) is 4.93. The summed E-state index contributed by atoms with van der Waals surface area (Å²) in [4.78, 5) is -0.118. The van der Waals surface area contributed by atoms with E-state index in [1.807, 2.05) is 0 Å². The molecule has 0 unspecified atom stereocenters. The van der Waals surface area contributed by atoms with Gasteiger partial charge in [-0.05, 0) is 25.5 Å². The quantitative estimate of drug-likeness (QED) is 0.742. The first-order chi connectivity index (χ1) is 5.84. The number of aryl methyl sites for hydroxylation is 1. The molecule has 5 heteroatoms. The van der Waals surface area contributed by atoms with E-state index in [9.17, 15) is 12.8 Å². The van der Waals surface area contributed by atoms with Crippen molar-refractivity contribution in [3.05, 3.63) is 29.1 Å². The van der Waals surface area contributed by atoms with Crippen LogP contribution in [0.3, 0.4) is 0 Å². The molecular formula is C8H10FNO2S. The molecule has 0 atom stereocenters. The Morgan fingerprint density at radius 3 is 2.23 bits per heavy atom. The lowest BCUT2D eigenvalue weighted by Crippen LogP contribution is -2.15. The molecule has 0 heterocycles. The molecule has 0 saturated heterocycles. The van der Waals surface area contributed by atoms with Crippen LogP contribution in [-0.4, -0.2) is 8.42 Å². The number of rotatable bonds is 1. The predicted octanol–water partition coefficient (Wildman–Crippen LogP) is 1.09. The third-order valence-corrected chi connectivity index (χ3v) is 3.02. The van der Waals surface area contributed by atoms with E-state index < -0.39 is 15.8 Å². The normalized spacial score (nSPS) is 11.7. The molecule has 0 saturated carbocycles. The Bertz CT molecular complexity index is 440. The van der Waals surface area contributed by atoms with Crippen LogP contribution in [0.15, 0.2) is 17.0 Å². The van der Waals surface area contributed by atoms with Gasteiger partial charge in [-0.25, -0.2) is 17.9 Å². The van der Waals surface area contributed by atoms with Crippen molar-refractivity contribution in [1.82, 2.24) is 0 Å². The number of halogens is 1. The average Bonchev–Trinajstić information content (AvgIpc) is 1.95. The fourth-order valence-electron chi connectivity index (χ4n) is 1.24. The van der Waals surface area contributed by atoms with Gasteiger partial charge in [0.15, 0.2) is 0 Å². The molecule has 2 N–H and O–H groups in total. The molecule has 1 aromatic rings. The van der Waals surface area contributed by atoms with Gasteiger partial charge >= 0.3 is 0 Å². The summed E-state index contributed by atoms with van der Waals surface area (Å²) in [5.41, 5.74) is 0.531. The largest absolute Gasteiger partial charge is 0.238 e. The zero-order valence-corrected chi connectivity index (χ0v) is 8.15. The topological polar surface area (TPSA) is 60.2 Å². The summed E-state index contributed by atoms with van der Waals surface area (Å²) in [5.74, 6) is -0.561. The van der Waals surface area contributed by atoms with Gasteiger partial charge < -0.3 is 0 Å². The second kappa shape index (κ2) is 3.08. The summed E-state index contributed by atoms with van der Waals surface area (Å²) in [6.45, 7) is 2.97. The van der Waals surface area contributed by atoms with E-state index in [0.717, 1.165) is 0 Å². The van der Waals surface area contributed by atoms with Crippen LogP contribution < -0.4 is 5.14 Å². The van der Waals surface area contributed by atoms with Crippen LogP contribution in [0.25, 0.3) is 0 Å². The van der Waals surface area contributed by atoms with Crippen LogP contribution in [0.1, 0.15) is 11.1 Å². The molecule has 1 aromatic carbocycles. The fourth-order valence-corrected chi connectivity index (χ4v) is 2.28. The van der Waals surface area contributed by atoms with Crippen LogP contribution in [0.4, 0.5) is 4.39 Å². The van der Waals surface area contributed by atoms with Crippen molar-refractivity contribution < 1.29 is 12.8 Å². The van der Waals surface area contributed by atoms with Crippen molar-refractivity contribution in [2.75, 3.05) is 0 Å². The summed E-state index contributed by atoms with van der Waals surface area (Å²) >= 11 is 0. The number of sulfonamides is 1. The summed E-state index contributed by atoms with van der Waals surface area (Å²) in [6, 6.07) is 2.61. The first-order valence-corrected chi connectivity index (χ1v) is 5.17. The lowest BCUT2D eigenvalue weighted by molar-refractivity contribution is 0.587. The number of primary sulfonamides is 1. The van der Waals surface area contributed by atoms with Gasteiger partial charge in [0.25, 0.3) is 0 Å². The fraction of sp³-hybridized carbons (Fsp3) is 0.250. The minimum atomic E-state index is -3.83. The van der Waals surface area contributed by atoms with Crippen LogP contribution in [0, 0.1) is 19.7 Å². The van der Waals surface area contributed by atoms with Crippen LogP contribution >= 0.6 is 0 Å². The molecule has 3 nitrogen and oxygen atoms in total. The highest BCUT2D eigenvalue weighted by atomic mass is 32.2. The maximum Gasteiger partial charge on any atom is 0.238 e. The maximum atomic E-state index is 13.0. The van der Waals surface area contributed by atoms with Crippen molar-refractivity contribution in [2.45, 2.75) is 18.7 Å². The van der Waals surface area contributed by atoms with E-state index >= 15 is 0 Å². The molecule has 1 rings (SSSR count). The van der Waals surface area contributed by atoms with Gasteiger partial charge in [0.1, 0.15) is 5.82 Å². The van der Waals surface area contributed by atoms with Gasteiger partial charge in [-0.2, -0.15) is 0 Å². The minimum absolute atomic E-state index is 0.0718. The van der Waals surface area contributed by atoms with Gasteiger partial charge in [-0.3, -0.25) is 0 Å². The average molecular weight is 203 g/mol. The first kappa shape index (κ1) is 10.1.